The second-order valence-electron chi connectivity index (χ2n) is 6.89. The maximum absolute atomic E-state index is 13.0. The third-order valence-electron chi connectivity index (χ3n) is 4.69. The molecule has 8 nitrogen and oxygen atoms in total. The maximum atomic E-state index is 13.0. The van der Waals surface area contributed by atoms with Gasteiger partial charge in [-0.05, 0) is 42.5 Å². The second-order valence-corrected chi connectivity index (χ2v) is 8.94. The minimum absolute atomic E-state index is 0.0256. The fourth-order valence-corrected chi connectivity index (χ4v) is 4.68. The molecule has 1 heterocycles. The number of ether oxygens (including phenoxy) is 1. The summed E-state index contributed by atoms with van der Waals surface area (Å²) in [5, 5.41) is 6.96. The van der Waals surface area contributed by atoms with Crippen molar-refractivity contribution in [3.63, 3.8) is 0 Å². The van der Waals surface area contributed by atoms with Crippen LogP contribution < -0.4 is 14.8 Å². The number of halogens is 1. The first kappa shape index (κ1) is 22.4. The van der Waals surface area contributed by atoms with Gasteiger partial charge in [0, 0.05) is 17.8 Å². The summed E-state index contributed by atoms with van der Waals surface area (Å²) < 4.78 is 35.2. The third kappa shape index (κ3) is 5.00. The number of anilines is 2. The van der Waals surface area contributed by atoms with Gasteiger partial charge < -0.3 is 10.1 Å². The van der Waals surface area contributed by atoms with Gasteiger partial charge in [0.15, 0.2) is 5.82 Å². The summed E-state index contributed by atoms with van der Waals surface area (Å²) >= 11 is 6.16. The molecule has 1 aromatic heterocycles. The molecule has 10 heteroatoms. The molecule has 0 saturated carbocycles. The minimum atomic E-state index is -4.10. The molecule has 168 valence electrons. The Morgan fingerprint density at radius 2 is 1.73 bits per heavy atom. The lowest BCUT2D eigenvalue weighted by Crippen LogP contribution is -2.17. The van der Waals surface area contributed by atoms with E-state index < -0.39 is 15.9 Å². The van der Waals surface area contributed by atoms with E-state index in [1.165, 1.54) is 25.3 Å². The molecule has 0 radical (unpaired) electrons. The molecule has 0 atom stereocenters. The molecule has 4 aromatic rings. The first-order valence-electron chi connectivity index (χ1n) is 9.75. The van der Waals surface area contributed by atoms with Crippen molar-refractivity contribution in [3.8, 4) is 11.4 Å². The zero-order valence-corrected chi connectivity index (χ0v) is 19.0. The Bertz CT molecular complexity index is 1410. The van der Waals surface area contributed by atoms with Crippen LogP contribution in [0.3, 0.4) is 0 Å². The van der Waals surface area contributed by atoms with Crippen LogP contribution in [0.15, 0.2) is 90.0 Å². The van der Waals surface area contributed by atoms with Crippen molar-refractivity contribution < 1.29 is 17.9 Å². The molecule has 3 aromatic carbocycles. The van der Waals surface area contributed by atoms with Crippen molar-refractivity contribution in [2.45, 2.75) is 4.90 Å². The maximum Gasteiger partial charge on any atom is 0.263 e. The summed E-state index contributed by atoms with van der Waals surface area (Å²) in [6.07, 6.45) is 1.71. The van der Waals surface area contributed by atoms with Crippen LogP contribution in [0.5, 0.6) is 5.75 Å². The number of aromatic nitrogens is 2. The average Bonchev–Trinajstić information content (AvgIpc) is 3.28. The Morgan fingerprint density at radius 1 is 1.00 bits per heavy atom. The molecular weight excluding hydrogens is 464 g/mol. The fraction of sp³-hybridized carbons (Fsp3) is 0.0435. The highest BCUT2D eigenvalue weighted by atomic mass is 35.5. The van der Waals surface area contributed by atoms with Gasteiger partial charge >= 0.3 is 0 Å². The van der Waals surface area contributed by atoms with Gasteiger partial charge in [0.2, 0.25) is 0 Å². The van der Waals surface area contributed by atoms with E-state index in [0.29, 0.717) is 11.6 Å². The first-order chi connectivity index (χ1) is 15.9. The van der Waals surface area contributed by atoms with E-state index in [4.69, 9.17) is 16.3 Å². The van der Waals surface area contributed by atoms with Gasteiger partial charge in [-0.1, -0.05) is 41.9 Å². The van der Waals surface area contributed by atoms with Crippen molar-refractivity contribution in [1.29, 1.82) is 0 Å². The molecule has 0 unspecified atom stereocenters. The number of methoxy groups -OCH3 is 1. The molecule has 1 amide bonds. The molecular formula is C23H19ClN4O4S. The van der Waals surface area contributed by atoms with Gasteiger partial charge in [-0.15, -0.1) is 0 Å². The average molecular weight is 483 g/mol. The summed E-state index contributed by atoms with van der Waals surface area (Å²) in [6, 6.07) is 21.6. The number of benzene rings is 3. The van der Waals surface area contributed by atoms with Gasteiger partial charge in [0.1, 0.15) is 10.6 Å². The second kappa shape index (κ2) is 9.35. The molecule has 0 aliphatic carbocycles. The van der Waals surface area contributed by atoms with E-state index in [-0.39, 0.29) is 21.2 Å². The number of hydrogen-bond acceptors (Lipinski definition) is 5. The standard InChI is InChI=1S/C23H19ClN4O4S/c1-32-20-10-6-5-9-19(20)27-33(30,31)21-15-16(11-12-18(21)24)23(29)25-22-13-14-28(26-22)17-7-3-2-4-8-17/h2-15,27H,1H3,(H,25,26,29). The summed E-state index contributed by atoms with van der Waals surface area (Å²) in [5.74, 6) is 0.133. The molecule has 0 aliphatic rings. The molecule has 33 heavy (non-hydrogen) atoms. The fourth-order valence-electron chi connectivity index (χ4n) is 3.08. The number of sulfonamides is 1. The van der Waals surface area contributed by atoms with Crippen molar-refractivity contribution >= 4 is 39.0 Å². The zero-order valence-electron chi connectivity index (χ0n) is 17.4. The first-order valence-corrected chi connectivity index (χ1v) is 11.6. The van der Waals surface area contributed by atoms with Crippen LogP contribution in [-0.4, -0.2) is 31.2 Å². The Morgan fingerprint density at radius 3 is 2.48 bits per heavy atom. The highest BCUT2D eigenvalue weighted by molar-refractivity contribution is 7.92. The van der Waals surface area contributed by atoms with Gasteiger partial charge in [-0.25, -0.2) is 13.1 Å². The third-order valence-corrected chi connectivity index (χ3v) is 6.53. The highest BCUT2D eigenvalue weighted by Crippen LogP contribution is 2.29. The van der Waals surface area contributed by atoms with Crippen LogP contribution in [-0.2, 0) is 10.0 Å². The number of carbonyl (C=O) groups excluding carboxylic acids is 1. The van der Waals surface area contributed by atoms with Crippen LogP contribution in [0.2, 0.25) is 5.02 Å². The Hall–Kier alpha value is -3.82. The van der Waals surface area contributed by atoms with Crippen LogP contribution in [0, 0.1) is 0 Å². The predicted octanol–water partition coefficient (Wildman–Crippen LogP) is 4.59. The van der Waals surface area contributed by atoms with E-state index in [1.54, 1.807) is 41.2 Å². The molecule has 0 spiro atoms. The molecule has 4 rings (SSSR count). The number of rotatable bonds is 7. The van der Waals surface area contributed by atoms with E-state index in [1.807, 2.05) is 30.3 Å². The lowest BCUT2D eigenvalue weighted by Gasteiger charge is -2.13. The van der Waals surface area contributed by atoms with Crippen LogP contribution in [0.1, 0.15) is 10.4 Å². The smallest absolute Gasteiger partial charge is 0.263 e. The number of nitrogens with one attached hydrogen (secondary N) is 2. The summed E-state index contributed by atoms with van der Waals surface area (Å²) in [6.45, 7) is 0. The number of carbonyl (C=O) groups is 1. The quantitative estimate of drug-likeness (QED) is 0.401. The number of hydrogen-bond donors (Lipinski definition) is 2. The lowest BCUT2D eigenvalue weighted by molar-refractivity contribution is 0.102. The number of para-hydroxylation sites is 3. The SMILES string of the molecule is COc1ccccc1NS(=O)(=O)c1cc(C(=O)Nc2ccn(-c3ccccc3)n2)ccc1Cl. The van der Waals surface area contributed by atoms with Gasteiger partial charge in [-0.3, -0.25) is 9.52 Å². The lowest BCUT2D eigenvalue weighted by atomic mass is 10.2. The minimum Gasteiger partial charge on any atom is -0.495 e. The van der Waals surface area contributed by atoms with Crippen molar-refractivity contribution in [3.05, 3.63) is 95.6 Å². The van der Waals surface area contributed by atoms with Crippen molar-refractivity contribution in [2.24, 2.45) is 0 Å². The van der Waals surface area contributed by atoms with Crippen LogP contribution in [0.25, 0.3) is 5.69 Å². The number of amides is 1. The largest absolute Gasteiger partial charge is 0.495 e. The van der Waals surface area contributed by atoms with Gasteiger partial charge in [-0.2, -0.15) is 5.10 Å². The zero-order chi connectivity index (χ0) is 23.4. The summed E-state index contributed by atoms with van der Waals surface area (Å²) in [7, 11) is -2.66. The van der Waals surface area contributed by atoms with E-state index in [2.05, 4.69) is 15.1 Å². The predicted molar refractivity (Wildman–Crippen MR) is 127 cm³/mol. The molecule has 2 N–H and O–H groups in total. The molecule has 0 fully saturated rings. The Balaban J connectivity index is 1.57. The number of nitrogens with zero attached hydrogens (tertiary/aromatic N) is 2. The summed E-state index contributed by atoms with van der Waals surface area (Å²) in [5.41, 5.74) is 1.19. The Kier molecular flexibility index (Phi) is 6.34. The monoisotopic (exact) mass is 482 g/mol. The molecule has 0 saturated heterocycles. The van der Waals surface area contributed by atoms with E-state index in [0.717, 1.165) is 5.69 Å². The van der Waals surface area contributed by atoms with Crippen LogP contribution in [0.4, 0.5) is 11.5 Å². The topological polar surface area (TPSA) is 102 Å². The normalized spacial score (nSPS) is 11.1. The Labute approximate surface area is 195 Å². The van der Waals surface area contributed by atoms with Crippen LogP contribution >= 0.6 is 11.6 Å². The molecule has 0 bridgehead atoms. The van der Waals surface area contributed by atoms with Crippen molar-refractivity contribution in [1.82, 2.24) is 9.78 Å². The highest BCUT2D eigenvalue weighted by Gasteiger charge is 2.22. The summed E-state index contributed by atoms with van der Waals surface area (Å²) in [4.78, 5) is 12.5. The van der Waals surface area contributed by atoms with Gasteiger partial charge in [0.05, 0.1) is 23.5 Å². The van der Waals surface area contributed by atoms with Crippen molar-refractivity contribution in [2.75, 3.05) is 17.1 Å². The van der Waals surface area contributed by atoms with E-state index >= 15 is 0 Å². The van der Waals surface area contributed by atoms with Gasteiger partial charge in [0.25, 0.3) is 15.9 Å². The molecule has 0 aliphatic heterocycles. The van der Waals surface area contributed by atoms with E-state index in [9.17, 15) is 13.2 Å².